The second kappa shape index (κ2) is 27.4. The molecule has 186 valence electrons. The number of ether oxygens (including phenoxy) is 8. The van der Waals surface area contributed by atoms with E-state index in [-0.39, 0.29) is 5.78 Å². The Kier molecular flexibility index (Phi) is 26.8. The molecule has 0 heterocycles. The predicted molar refractivity (Wildman–Crippen MR) is 117 cm³/mol. The molecule has 9 nitrogen and oxygen atoms in total. The van der Waals surface area contributed by atoms with Crippen molar-refractivity contribution < 1.29 is 42.7 Å². The number of rotatable bonds is 27. The third-order valence-corrected chi connectivity index (χ3v) is 3.95. The van der Waals surface area contributed by atoms with Crippen LogP contribution >= 0.6 is 0 Å². The lowest BCUT2D eigenvalue weighted by molar-refractivity contribution is -0.119. The SMILES string of the molecule is CCOCCOCCOCCOCCOCCOCCOCCOCCCC(=O)CC. The Labute approximate surface area is 187 Å². The van der Waals surface area contributed by atoms with Crippen molar-refractivity contribution >= 4 is 5.78 Å². The Morgan fingerprint density at radius 3 is 1.03 bits per heavy atom. The lowest BCUT2D eigenvalue weighted by Crippen LogP contribution is -2.15. The molecular formula is C22H44O9. The molecule has 0 saturated carbocycles. The van der Waals surface area contributed by atoms with Gasteiger partial charge in [-0.05, 0) is 13.3 Å². The molecule has 0 aliphatic heterocycles. The number of Topliss-reactive ketones (excluding diaryl/α,β-unsaturated/α-hetero) is 1. The van der Waals surface area contributed by atoms with Gasteiger partial charge in [0.05, 0.1) is 92.5 Å². The fraction of sp³-hybridized carbons (Fsp3) is 0.955. The van der Waals surface area contributed by atoms with Gasteiger partial charge in [0.1, 0.15) is 5.78 Å². The van der Waals surface area contributed by atoms with Crippen LogP contribution in [0, 0.1) is 0 Å². The van der Waals surface area contributed by atoms with E-state index in [0.29, 0.717) is 119 Å². The molecule has 0 aliphatic carbocycles. The molecule has 0 atom stereocenters. The quantitative estimate of drug-likeness (QED) is 0.173. The third-order valence-electron chi connectivity index (χ3n) is 3.95. The highest BCUT2D eigenvalue weighted by molar-refractivity contribution is 5.77. The molecular weight excluding hydrogens is 408 g/mol. The number of carbonyl (C=O) groups is 1. The highest BCUT2D eigenvalue weighted by Gasteiger charge is 1.98. The zero-order valence-corrected chi connectivity index (χ0v) is 19.6. The fourth-order valence-electron chi connectivity index (χ4n) is 2.23. The van der Waals surface area contributed by atoms with Crippen molar-refractivity contribution in [3.05, 3.63) is 0 Å². The van der Waals surface area contributed by atoms with Crippen LogP contribution in [0.4, 0.5) is 0 Å². The zero-order valence-electron chi connectivity index (χ0n) is 19.6. The van der Waals surface area contributed by atoms with Crippen molar-refractivity contribution in [1.29, 1.82) is 0 Å². The molecule has 0 N–H and O–H groups in total. The van der Waals surface area contributed by atoms with E-state index < -0.39 is 0 Å². The lowest BCUT2D eigenvalue weighted by atomic mass is 10.2. The van der Waals surface area contributed by atoms with E-state index in [2.05, 4.69) is 0 Å². The second-order valence-corrected chi connectivity index (χ2v) is 6.48. The summed E-state index contributed by atoms with van der Waals surface area (Å²) in [7, 11) is 0. The maximum atomic E-state index is 11.1. The number of hydrogen-bond acceptors (Lipinski definition) is 9. The minimum Gasteiger partial charge on any atom is -0.379 e. The van der Waals surface area contributed by atoms with Gasteiger partial charge in [0.2, 0.25) is 0 Å². The van der Waals surface area contributed by atoms with Gasteiger partial charge in [0, 0.05) is 26.1 Å². The first-order valence-electron chi connectivity index (χ1n) is 11.4. The smallest absolute Gasteiger partial charge is 0.132 e. The van der Waals surface area contributed by atoms with Crippen LogP contribution in [0.25, 0.3) is 0 Å². The van der Waals surface area contributed by atoms with Crippen LogP contribution in [-0.2, 0) is 42.7 Å². The van der Waals surface area contributed by atoms with E-state index in [1.54, 1.807) is 0 Å². The summed E-state index contributed by atoms with van der Waals surface area (Å²) >= 11 is 0. The molecule has 0 aromatic heterocycles. The van der Waals surface area contributed by atoms with Gasteiger partial charge in [-0.15, -0.1) is 0 Å². The average molecular weight is 453 g/mol. The molecule has 9 heteroatoms. The monoisotopic (exact) mass is 452 g/mol. The molecule has 0 amide bonds. The first kappa shape index (κ1) is 30.4. The van der Waals surface area contributed by atoms with Gasteiger partial charge in [0.15, 0.2) is 0 Å². The van der Waals surface area contributed by atoms with Gasteiger partial charge in [0.25, 0.3) is 0 Å². The van der Waals surface area contributed by atoms with Crippen molar-refractivity contribution in [2.45, 2.75) is 33.1 Å². The summed E-state index contributed by atoms with van der Waals surface area (Å²) in [4.78, 5) is 11.1. The van der Waals surface area contributed by atoms with E-state index in [1.165, 1.54) is 0 Å². The maximum Gasteiger partial charge on any atom is 0.132 e. The zero-order chi connectivity index (χ0) is 22.7. The Balaban J connectivity index is 3.01. The fourth-order valence-corrected chi connectivity index (χ4v) is 2.23. The summed E-state index contributed by atoms with van der Waals surface area (Å²) in [6.45, 7) is 12.8. The molecule has 0 aromatic rings. The minimum atomic E-state index is 0.282. The Morgan fingerprint density at radius 2 is 0.742 bits per heavy atom. The molecule has 0 fully saturated rings. The maximum absolute atomic E-state index is 11.1. The van der Waals surface area contributed by atoms with Crippen LogP contribution in [-0.4, -0.2) is 111 Å². The predicted octanol–water partition coefficient (Wildman–Crippen LogP) is 1.90. The van der Waals surface area contributed by atoms with Crippen LogP contribution < -0.4 is 0 Å². The third kappa shape index (κ3) is 27.3. The van der Waals surface area contributed by atoms with E-state index in [0.717, 1.165) is 6.42 Å². The molecule has 0 aliphatic rings. The van der Waals surface area contributed by atoms with Gasteiger partial charge >= 0.3 is 0 Å². The number of hydrogen-bond donors (Lipinski definition) is 0. The molecule has 0 saturated heterocycles. The van der Waals surface area contributed by atoms with Gasteiger partial charge in [-0.25, -0.2) is 0 Å². The Bertz CT molecular complexity index is 356. The van der Waals surface area contributed by atoms with Gasteiger partial charge in [-0.1, -0.05) is 6.92 Å². The molecule has 0 unspecified atom stereocenters. The van der Waals surface area contributed by atoms with Crippen molar-refractivity contribution in [3.8, 4) is 0 Å². The van der Waals surface area contributed by atoms with Crippen LogP contribution in [0.2, 0.25) is 0 Å². The van der Waals surface area contributed by atoms with Gasteiger partial charge < -0.3 is 37.9 Å². The Morgan fingerprint density at radius 1 is 0.452 bits per heavy atom. The molecule has 0 aromatic carbocycles. The summed E-state index contributed by atoms with van der Waals surface area (Å²) in [5, 5.41) is 0. The summed E-state index contributed by atoms with van der Waals surface area (Å²) in [6, 6.07) is 0. The average Bonchev–Trinajstić information content (AvgIpc) is 2.78. The standard InChI is InChI=1S/C22H44O9/c1-3-22(23)6-5-7-25-10-11-27-14-15-29-18-19-31-21-20-30-17-16-28-13-12-26-9-8-24-4-2/h3-21H2,1-2H3. The largest absolute Gasteiger partial charge is 0.379 e. The van der Waals surface area contributed by atoms with E-state index in [1.807, 2.05) is 13.8 Å². The summed E-state index contributed by atoms with van der Waals surface area (Å²) in [5.41, 5.74) is 0. The first-order chi connectivity index (χ1) is 15.3. The van der Waals surface area contributed by atoms with Crippen LogP contribution in [0.3, 0.4) is 0 Å². The highest BCUT2D eigenvalue weighted by atomic mass is 16.6. The molecule has 0 radical (unpaired) electrons. The van der Waals surface area contributed by atoms with E-state index >= 15 is 0 Å². The van der Waals surface area contributed by atoms with E-state index in [9.17, 15) is 4.79 Å². The van der Waals surface area contributed by atoms with E-state index in [4.69, 9.17) is 37.9 Å². The molecule has 0 spiro atoms. The first-order valence-corrected chi connectivity index (χ1v) is 11.4. The normalized spacial score (nSPS) is 11.3. The van der Waals surface area contributed by atoms with Crippen molar-refractivity contribution in [2.24, 2.45) is 0 Å². The topological polar surface area (TPSA) is 90.9 Å². The summed E-state index contributed by atoms with van der Waals surface area (Å²) < 4.78 is 43.0. The molecule has 0 bridgehead atoms. The second-order valence-electron chi connectivity index (χ2n) is 6.48. The van der Waals surface area contributed by atoms with Gasteiger partial charge in [-0.3, -0.25) is 4.79 Å². The van der Waals surface area contributed by atoms with Crippen LogP contribution in [0.5, 0.6) is 0 Å². The van der Waals surface area contributed by atoms with Crippen LogP contribution in [0.1, 0.15) is 33.1 Å². The number of ketones is 1. The summed E-state index contributed by atoms with van der Waals surface area (Å²) in [6.07, 6.45) is 1.98. The molecule has 0 rings (SSSR count). The van der Waals surface area contributed by atoms with Crippen molar-refractivity contribution in [1.82, 2.24) is 0 Å². The van der Waals surface area contributed by atoms with Crippen molar-refractivity contribution in [2.75, 3.05) is 106 Å². The minimum absolute atomic E-state index is 0.282. The molecule has 31 heavy (non-hydrogen) atoms. The van der Waals surface area contributed by atoms with Gasteiger partial charge in [-0.2, -0.15) is 0 Å². The summed E-state index contributed by atoms with van der Waals surface area (Å²) in [5.74, 6) is 0.282. The Hall–Kier alpha value is -0.650. The lowest BCUT2D eigenvalue weighted by Gasteiger charge is -2.08. The van der Waals surface area contributed by atoms with Crippen molar-refractivity contribution in [3.63, 3.8) is 0 Å². The highest BCUT2D eigenvalue weighted by Crippen LogP contribution is 1.95. The number of carbonyl (C=O) groups excluding carboxylic acids is 1. The van der Waals surface area contributed by atoms with Crippen LogP contribution in [0.15, 0.2) is 0 Å².